The number of thiophene rings is 1. The number of carbonyl (C=O) groups excluding carboxylic acids is 1. The molecule has 1 heterocycles. The van der Waals surface area contributed by atoms with E-state index in [0.717, 1.165) is 21.6 Å². The van der Waals surface area contributed by atoms with Gasteiger partial charge in [-0.1, -0.05) is 43.3 Å². The quantitative estimate of drug-likeness (QED) is 0.618. The van der Waals surface area contributed by atoms with Crippen LogP contribution in [0, 0.1) is 0 Å². The first kappa shape index (κ1) is 13.6. The van der Waals surface area contributed by atoms with E-state index in [2.05, 4.69) is 0 Å². The SMILES string of the molecule is CCC(C(=O)OC)=C(c1ccccc1)c1cccs1. The lowest BCUT2D eigenvalue weighted by Gasteiger charge is -2.12. The molecule has 0 saturated heterocycles. The lowest BCUT2D eigenvalue weighted by Crippen LogP contribution is -2.07. The maximum absolute atomic E-state index is 12.0. The molecule has 2 aromatic rings. The van der Waals surface area contributed by atoms with Gasteiger partial charge in [-0.05, 0) is 23.4 Å². The summed E-state index contributed by atoms with van der Waals surface area (Å²) in [7, 11) is 1.43. The van der Waals surface area contributed by atoms with E-state index in [1.807, 2.05) is 54.8 Å². The molecule has 0 atom stereocenters. The Kier molecular flexibility index (Phi) is 4.53. The van der Waals surface area contributed by atoms with E-state index >= 15 is 0 Å². The molecule has 3 heteroatoms. The Labute approximate surface area is 117 Å². The minimum Gasteiger partial charge on any atom is -0.466 e. The van der Waals surface area contributed by atoms with Crippen LogP contribution in [-0.4, -0.2) is 13.1 Å². The van der Waals surface area contributed by atoms with E-state index in [4.69, 9.17) is 4.74 Å². The number of esters is 1. The third-order valence-corrected chi connectivity index (χ3v) is 3.80. The second-order valence-corrected chi connectivity index (χ2v) is 4.99. The van der Waals surface area contributed by atoms with Crippen molar-refractivity contribution in [3.8, 4) is 0 Å². The number of rotatable bonds is 4. The number of carbonyl (C=O) groups is 1. The molecule has 0 fully saturated rings. The van der Waals surface area contributed by atoms with E-state index in [-0.39, 0.29) is 5.97 Å². The summed E-state index contributed by atoms with van der Waals surface area (Å²) >= 11 is 1.63. The zero-order valence-electron chi connectivity index (χ0n) is 11.1. The van der Waals surface area contributed by atoms with Gasteiger partial charge in [-0.2, -0.15) is 0 Å². The Morgan fingerprint density at radius 2 is 1.89 bits per heavy atom. The van der Waals surface area contributed by atoms with Crippen molar-refractivity contribution in [2.75, 3.05) is 7.11 Å². The van der Waals surface area contributed by atoms with Crippen molar-refractivity contribution in [3.63, 3.8) is 0 Å². The van der Waals surface area contributed by atoms with Crippen LogP contribution in [0.5, 0.6) is 0 Å². The van der Waals surface area contributed by atoms with Crippen LogP contribution in [0.25, 0.3) is 5.57 Å². The molecular formula is C16H16O2S. The highest BCUT2D eigenvalue weighted by atomic mass is 32.1. The Bertz CT molecular complexity index is 568. The van der Waals surface area contributed by atoms with Crippen LogP contribution >= 0.6 is 11.3 Å². The molecule has 0 bridgehead atoms. The standard InChI is InChI=1S/C16H16O2S/c1-3-13(16(17)18-2)15(14-10-7-11-19-14)12-8-5-4-6-9-12/h4-11H,3H2,1-2H3. The predicted molar refractivity (Wildman–Crippen MR) is 79.1 cm³/mol. The monoisotopic (exact) mass is 272 g/mol. The summed E-state index contributed by atoms with van der Waals surface area (Å²) in [5.41, 5.74) is 2.74. The predicted octanol–water partition coefficient (Wildman–Crippen LogP) is 4.13. The molecule has 19 heavy (non-hydrogen) atoms. The fraction of sp³-hybridized carbons (Fsp3) is 0.188. The number of hydrogen-bond donors (Lipinski definition) is 0. The highest BCUT2D eigenvalue weighted by molar-refractivity contribution is 7.11. The van der Waals surface area contributed by atoms with Crippen molar-refractivity contribution in [2.45, 2.75) is 13.3 Å². The average molecular weight is 272 g/mol. The molecule has 0 saturated carbocycles. The van der Waals surface area contributed by atoms with Gasteiger partial charge >= 0.3 is 5.97 Å². The molecule has 0 N–H and O–H groups in total. The first-order valence-corrected chi connectivity index (χ1v) is 7.06. The van der Waals surface area contributed by atoms with Crippen LogP contribution in [0.3, 0.4) is 0 Å². The summed E-state index contributed by atoms with van der Waals surface area (Å²) in [4.78, 5) is 13.1. The molecule has 0 spiro atoms. The zero-order chi connectivity index (χ0) is 13.7. The van der Waals surface area contributed by atoms with E-state index in [1.165, 1.54) is 7.11 Å². The highest BCUT2D eigenvalue weighted by Gasteiger charge is 2.17. The maximum Gasteiger partial charge on any atom is 0.334 e. The number of benzene rings is 1. The Morgan fingerprint density at radius 3 is 2.42 bits per heavy atom. The van der Waals surface area contributed by atoms with Crippen molar-refractivity contribution in [3.05, 3.63) is 63.9 Å². The fourth-order valence-corrected chi connectivity index (χ4v) is 2.86. The van der Waals surface area contributed by atoms with Crippen LogP contribution in [0.2, 0.25) is 0 Å². The number of hydrogen-bond acceptors (Lipinski definition) is 3. The fourth-order valence-electron chi connectivity index (χ4n) is 2.04. The first-order valence-electron chi connectivity index (χ1n) is 6.18. The van der Waals surface area contributed by atoms with Crippen molar-refractivity contribution < 1.29 is 9.53 Å². The van der Waals surface area contributed by atoms with Crippen LogP contribution in [-0.2, 0) is 9.53 Å². The summed E-state index contributed by atoms with van der Waals surface area (Å²) < 4.78 is 4.91. The van der Waals surface area contributed by atoms with Gasteiger partial charge in [0.25, 0.3) is 0 Å². The van der Waals surface area contributed by atoms with E-state index < -0.39 is 0 Å². The molecule has 1 aromatic heterocycles. The van der Waals surface area contributed by atoms with Crippen LogP contribution in [0.4, 0.5) is 0 Å². The minimum absolute atomic E-state index is 0.255. The molecule has 2 rings (SSSR count). The molecule has 1 aromatic carbocycles. The summed E-state index contributed by atoms with van der Waals surface area (Å²) in [5.74, 6) is -0.255. The van der Waals surface area contributed by atoms with Crippen LogP contribution < -0.4 is 0 Å². The summed E-state index contributed by atoms with van der Waals surface area (Å²) in [6.45, 7) is 1.98. The van der Waals surface area contributed by atoms with Crippen molar-refractivity contribution in [1.29, 1.82) is 0 Å². The molecule has 0 aliphatic rings. The summed E-state index contributed by atoms with van der Waals surface area (Å²) in [6, 6.07) is 14.0. The molecule has 0 unspecified atom stereocenters. The van der Waals surface area contributed by atoms with Crippen molar-refractivity contribution in [2.24, 2.45) is 0 Å². The maximum atomic E-state index is 12.0. The largest absolute Gasteiger partial charge is 0.466 e. The minimum atomic E-state index is -0.255. The second-order valence-electron chi connectivity index (χ2n) is 4.04. The first-order chi connectivity index (χ1) is 9.27. The molecule has 0 radical (unpaired) electrons. The number of methoxy groups -OCH3 is 1. The van der Waals surface area contributed by atoms with Crippen LogP contribution in [0.1, 0.15) is 23.8 Å². The second kappa shape index (κ2) is 6.34. The van der Waals surface area contributed by atoms with Gasteiger partial charge in [0.1, 0.15) is 0 Å². The number of ether oxygens (including phenoxy) is 1. The van der Waals surface area contributed by atoms with Gasteiger partial charge in [-0.25, -0.2) is 4.79 Å². The Hall–Kier alpha value is -1.87. The van der Waals surface area contributed by atoms with Crippen LogP contribution in [0.15, 0.2) is 53.4 Å². The molecule has 0 aliphatic carbocycles. The summed E-state index contributed by atoms with van der Waals surface area (Å²) in [6.07, 6.45) is 0.648. The van der Waals surface area contributed by atoms with Gasteiger partial charge in [0, 0.05) is 16.0 Å². The zero-order valence-corrected chi connectivity index (χ0v) is 11.9. The van der Waals surface area contributed by atoms with E-state index in [9.17, 15) is 4.79 Å². The van der Waals surface area contributed by atoms with Crippen molar-refractivity contribution in [1.82, 2.24) is 0 Å². The molecule has 0 aliphatic heterocycles. The smallest absolute Gasteiger partial charge is 0.334 e. The molecular weight excluding hydrogens is 256 g/mol. The molecule has 2 nitrogen and oxygen atoms in total. The lowest BCUT2D eigenvalue weighted by atomic mass is 9.97. The molecule has 0 amide bonds. The normalized spacial score (nSPS) is 11.9. The van der Waals surface area contributed by atoms with Gasteiger partial charge in [0.2, 0.25) is 0 Å². The molecule has 98 valence electrons. The third kappa shape index (κ3) is 2.93. The average Bonchev–Trinajstić information content (AvgIpc) is 2.98. The van der Waals surface area contributed by atoms with E-state index in [1.54, 1.807) is 11.3 Å². The highest BCUT2D eigenvalue weighted by Crippen LogP contribution is 2.31. The summed E-state index contributed by atoms with van der Waals surface area (Å²) in [5, 5.41) is 2.02. The lowest BCUT2D eigenvalue weighted by molar-refractivity contribution is -0.136. The Balaban J connectivity index is 2.64. The topological polar surface area (TPSA) is 26.3 Å². The van der Waals surface area contributed by atoms with E-state index in [0.29, 0.717) is 6.42 Å². The van der Waals surface area contributed by atoms with Crippen molar-refractivity contribution >= 4 is 22.9 Å². The van der Waals surface area contributed by atoms with Gasteiger partial charge in [-0.3, -0.25) is 0 Å². The van der Waals surface area contributed by atoms with Gasteiger partial charge in [0.05, 0.1) is 7.11 Å². The van der Waals surface area contributed by atoms with Gasteiger partial charge < -0.3 is 4.74 Å². The van der Waals surface area contributed by atoms with Gasteiger partial charge in [0.15, 0.2) is 0 Å². The Morgan fingerprint density at radius 1 is 1.16 bits per heavy atom. The van der Waals surface area contributed by atoms with Gasteiger partial charge in [-0.15, -0.1) is 11.3 Å². The third-order valence-electron chi connectivity index (χ3n) is 2.92.